The summed E-state index contributed by atoms with van der Waals surface area (Å²) in [5.41, 5.74) is 1.84. The Labute approximate surface area is 207 Å². The molecule has 2 atom stereocenters. The zero-order chi connectivity index (χ0) is 24.2. The Morgan fingerprint density at radius 2 is 1.15 bits per heavy atom. The van der Waals surface area contributed by atoms with E-state index in [9.17, 15) is 12.8 Å². The topological polar surface area (TPSA) is 60.4 Å². The van der Waals surface area contributed by atoms with Crippen LogP contribution in [-0.2, 0) is 33.1 Å². The van der Waals surface area contributed by atoms with Gasteiger partial charge in [-0.2, -0.15) is 0 Å². The smallest absolute Gasteiger partial charge is 0.127 e. The van der Waals surface area contributed by atoms with Crippen molar-refractivity contribution in [2.45, 2.75) is 11.5 Å². The minimum atomic E-state index is -1.13. The zero-order valence-electron chi connectivity index (χ0n) is 18.0. The maximum atomic E-state index is 12.7. The maximum absolute atomic E-state index is 12.7. The zero-order valence-corrected chi connectivity index (χ0v) is 20.4. The molecule has 0 amide bonds. The highest BCUT2D eigenvalue weighted by atomic mass is 35.5. The van der Waals surface area contributed by atoms with Crippen molar-refractivity contribution in [1.82, 2.24) is 0 Å². The van der Waals surface area contributed by atoms with Gasteiger partial charge in [0.25, 0.3) is 0 Å². The lowest BCUT2D eigenvalue weighted by Crippen LogP contribution is -1.91. The minimum absolute atomic E-state index is 0.286. The molecule has 4 aromatic rings. The Morgan fingerprint density at radius 1 is 0.706 bits per heavy atom. The van der Waals surface area contributed by atoms with Gasteiger partial charge in [-0.15, -0.1) is 0 Å². The van der Waals surface area contributed by atoms with Gasteiger partial charge < -0.3 is 8.83 Å². The fourth-order valence-corrected chi connectivity index (χ4v) is 4.58. The quantitative estimate of drug-likeness (QED) is 0.248. The van der Waals surface area contributed by atoms with Crippen LogP contribution in [0.5, 0.6) is 0 Å². The third-order valence-corrected chi connectivity index (χ3v) is 6.67. The predicted octanol–water partition coefficient (Wildman–Crippen LogP) is 7.19. The van der Waals surface area contributed by atoms with Crippen LogP contribution in [0.25, 0.3) is 12.2 Å². The van der Waals surface area contributed by atoms with E-state index in [1.807, 2.05) is 18.2 Å². The summed E-state index contributed by atoms with van der Waals surface area (Å²) in [4.78, 5) is 0. The largest absolute Gasteiger partial charge is 0.465 e. The summed E-state index contributed by atoms with van der Waals surface area (Å²) in [5.74, 6) is 1.93. The Kier molecular flexibility index (Phi) is 10.3. The van der Waals surface area contributed by atoms with Crippen LogP contribution >= 0.6 is 11.6 Å². The Bertz CT molecular complexity index is 1130. The molecule has 0 bridgehead atoms. The lowest BCUT2D eigenvalue weighted by molar-refractivity contribution is 0.557. The van der Waals surface area contributed by atoms with Crippen molar-refractivity contribution in [2.24, 2.45) is 0 Å². The van der Waals surface area contributed by atoms with Gasteiger partial charge in [-0.25, -0.2) is 4.39 Å². The summed E-state index contributed by atoms with van der Waals surface area (Å²) in [5, 5.41) is 3.89. The van der Waals surface area contributed by atoms with Crippen LogP contribution in [0.3, 0.4) is 0 Å². The van der Waals surface area contributed by atoms with Gasteiger partial charge in [0.05, 0.1) is 45.6 Å². The van der Waals surface area contributed by atoms with E-state index >= 15 is 0 Å². The van der Waals surface area contributed by atoms with Crippen LogP contribution in [0.15, 0.2) is 105 Å². The molecule has 2 heterocycles. The van der Waals surface area contributed by atoms with Crippen LogP contribution in [0.4, 0.5) is 4.39 Å². The molecule has 0 fully saturated rings. The third-order valence-electron chi connectivity index (χ3n) is 4.30. The molecule has 4 rings (SSSR count). The van der Waals surface area contributed by atoms with Crippen molar-refractivity contribution < 1.29 is 21.6 Å². The molecule has 2 unspecified atom stereocenters. The van der Waals surface area contributed by atoms with Crippen LogP contribution in [-0.4, -0.2) is 8.42 Å². The normalized spacial score (nSPS) is 13.0. The lowest BCUT2D eigenvalue weighted by atomic mass is 10.2. The second kappa shape index (κ2) is 13.6. The second-order valence-corrected chi connectivity index (χ2v) is 10.0. The third kappa shape index (κ3) is 9.47. The summed E-state index contributed by atoms with van der Waals surface area (Å²) in [6, 6.07) is 20.5. The molecule has 0 aliphatic rings. The number of hydrogen-bond donors (Lipinski definition) is 0. The fourth-order valence-electron chi connectivity index (χ4n) is 2.64. The van der Waals surface area contributed by atoms with E-state index in [1.54, 1.807) is 78.0 Å². The minimum Gasteiger partial charge on any atom is -0.465 e. The molecule has 0 saturated carbocycles. The molecule has 34 heavy (non-hydrogen) atoms. The molecular formula is C26H22ClFO4S2. The van der Waals surface area contributed by atoms with Gasteiger partial charge in [-0.05, 0) is 71.8 Å². The molecule has 0 aliphatic heterocycles. The molecule has 0 spiro atoms. The maximum Gasteiger partial charge on any atom is 0.127 e. The highest BCUT2D eigenvalue weighted by molar-refractivity contribution is 7.87. The number of hydrogen-bond acceptors (Lipinski definition) is 4. The van der Waals surface area contributed by atoms with Gasteiger partial charge in [-0.1, -0.05) is 35.9 Å². The Balaban J connectivity index is 0.000000191. The molecule has 0 saturated heterocycles. The molecule has 2 aromatic heterocycles. The van der Waals surface area contributed by atoms with Crippen LogP contribution in [0, 0.1) is 5.82 Å². The summed E-state index contributed by atoms with van der Waals surface area (Å²) in [6.45, 7) is 0. The molecule has 8 heteroatoms. The summed E-state index contributed by atoms with van der Waals surface area (Å²) < 4.78 is 46.3. The molecule has 0 N–H and O–H groups in total. The first-order chi connectivity index (χ1) is 16.5. The van der Waals surface area contributed by atoms with E-state index in [0.29, 0.717) is 28.0 Å². The first-order valence-electron chi connectivity index (χ1n) is 10.1. The van der Waals surface area contributed by atoms with Crippen molar-refractivity contribution in [1.29, 1.82) is 0 Å². The predicted molar refractivity (Wildman–Crippen MR) is 137 cm³/mol. The lowest BCUT2D eigenvalue weighted by Gasteiger charge is -1.98. The van der Waals surface area contributed by atoms with Crippen molar-refractivity contribution in [3.05, 3.63) is 130 Å². The average molecular weight is 517 g/mol. The van der Waals surface area contributed by atoms with Gasteiger partial charge in [0.15, 0.2) is 0 Å². The van der Waals surface area contributed by atoms with E-state index in [-0.39, 0.29) is 5.82 Å². The number of benzene rings is 2. The first kappa shape index (κ1) is 25.6. The monoisotopic (exact) mass is 516 g/mol. The van der Waals surface area contributed by atoms with Gasteiger partial charge >= 0.3 is 0 Å². The molecule has 4 nitrogen and oxygen atoms in total. The molecule has 0 aliphatic carbocycles. The second-order valence-electron chi connectivity index (χ2n) is 6.94. The van der Waals surface area contributed by atoms with Crippen LogP contribution < -0.4 is 0 Å². The van der Waals surface area contributed by atoms with Crippen molar-refractivity contribution in [3.63, 3.8) is 0 Å². The first-order valence-corrected chi connectivity index (χ1v) is 13.3. The van der Waals surface area contributed by atoms with E-state index < -0.39 is 21.6 Å². The number of rotatable bonds is 8. The van der Waals surface area contributed by atoms with Gasteiger partial charge in [-0.3, -0.25) is 8.42 Å². The molecule has 2 aromatic carbocycles. The highest BCUT2D eigenvalue weighted by Crippen LogP contribution is 2.12. The van der Waals surface area contributed by atoms with Crippen molar-refractivity contribution in [2.75, 3.05) is 0 Å². The Morgan fingerprint density at radius 3 is 1.56 bits per heavy atom. The summed E-state index contributed by atoms with van der Waals surface area (Å²) >= 11 is 5.77. The summed E-state index contributed by atoms with van der Waals surface area (Å²) in [7, 11) is -2.17. The van der Waals surface area contributed by atoms with Crippen LogP contribution in [0.1, 0.15) is 22.6 Å². The standard InChI is InChI=1S/C13H11ClO2S.C13H11FO2S/c2*14-12-5-3-11(4-6-12)10-17(15)9-7-13-2-1-8-16-13/h2*1-9H,10H2/b;9-7+. The van der Waals surface area contributed by atoms with E-state index in [1.165, 1.54) is 12.1 Å². The van der Waals surface area contributed by atoms with Crippen LogP contribution in [0.2, 0.25) is 5.02 Å². The van der Waals surface area contributed by atoms with Crippen molar-refractivity contribution >= 4 is 45.4 Å². The van der Waals surface area contributed by atoms with E-state index in [0.717, 1.165) is 11.1 Å². The fraction of sp³-hybridized carbons (Fsp3) is 0.0769. The number of halogens is 2. The average Bonchev–Trinajstić information content (AvgIpc) is 3.54. The van der Waals surface area contributed by atoms with E-state index in [2.05, 4.69) is 0 Å². The highest BCUT2D eigenvalue weighted by Gasteiger charge is 2.00. The number of furan rings is 2. The van der Waals surface area contributed by atoms with Gasteiger partial charge in [0.1, 0.15) is 17.3 Å². The molecule has 176 valence electrons. The molecular weight excluding hydrogens is 495 g/mol. The summed E-state index contributed by atoms with van der Waals surface area (Å²) in [6.07, 6.45) is 6.52. The van der Waals surface area contributed by atoms with Gasteiger partial charge in [0, 0.05) is 15.8 Å². The van der Waals surface area contributed by atoms with Gasteiger partial charge in [0.2, 0.25) is 0 Å². The van der Waals surface area contributed by atoms with E-state index in [4.69, 9.17) is 20.4 Å². The molecule has 0 radical (unpaired) electrons. The Hall–Kier alpha value is -3.00. The SMILES string of the molecule is O=S(/C=C/c1ccco1)Cc1ccc(F)cc1.O=S(C=Cc1ccco1)Cc1ccc(Cl)cc1. The van der Waals surface area contributed by atoms with Crippen molar-refractivity contribution in [3.8, 4) is 0 Å².